The number of fused-ring (bicyclic) bond motifs is 1. The molecule has 3 amide bonds. The number of rotatable bonds is 2. The summed E-state index contributed by atoms with van der Waals surface area (Å²) in [4.78, 5) is 30.8. The second-order valence-corrected chi connectivity index (χ2v) is 5.12. The van der Waals surface area contributed by atoms with E-state index in [1.165, 1.54) is 12.0 Å². The predicted octanol–water partition coefficient (Wildman–Crippen LogP) is 1.42. The summed E-state index contributed by atoms with van der Waals surface area (Å²) >= 11 is 0. The van der Waals surface area contributed by atoms with E-state index >= 15 is 0 Å². The Balaban J connectivity index is 2.06. The van der Waals surface area contributed by atoms with Crippen LogP contribution < -0.4 is 9.64 Å². The van der Waals surface area contributed by atoms with Crippen LogP contribution in [0.15, 0.2) is 6.07 Å². The van der Waals surface area contributed by atoms with Gasteiger partial charge in [0.05, 0.1) is 7.11 Å². The predicted molar refractivity (Wildman–Crippen MR) is 72.7 cm³/mol. The van der Waals surface area contributed by atoms with Crippen molar-refractivity contribution in [2.24, 2.45) is 0 Å². The van der Waals surface area contributed by atoms with Crippen LogP contribution in [0.1, 0.15) is 24.8 Å². The lowest BCUT2D eigenvalue weighted by atomic mass is 10.0. The molecule has 2 aliphatic rings. The number of nitriles is 1. The SMILES string of the molecule is COc1nc(N2C(=O)C3CCCCN3C2=O)c(F)cc1C#N. The largest absolute Gasteiger partial charge is 0.480 e. The number of nitrogens with zero attached hydrogens (tertiary/aromatic N) is 4. The first-order chi connectivity index (χ1) is 10.6. The molecule has 1 aromatic rings. The molecule has 0 spiro atoms. The molecule has 3 heterocycles. The summed E-state index contributed by atoms with van der Waals surface area (Å²) in [5.74, 6) is -1.92. The molecular weight excluding hydrogens is 291 g/mol. The summed E-state index contributed by atoms with van der Waals surface area (Å²) in [6, 6.07) is 1.54. The Hall–Kier alpha value is -2.69. The Labute approximate surface area is 125 Å². The van der Waals surface area contributed by atoms with Gasteiger partial charge in [-0.25, -0.2) is 14.1 Å². The zero-order chi connectivity index (χ0) is 15.9. The molecule has 3 rings (SSSR count). The average molecular weight is 304 g/mol. The van der Waals surface area contributed by atoms with E-state index in [2.05, 4.69) is 4.98 Å². The number of ether oxygens (including phenoxy) is 1. The maximum atomic E-state index is 14.2. The van der Waals surface area contributed by atoms with Crippen molar-refractivity contribution >= 4 is 17.8 Å². The van der Waals surface area contributed by atoms with Crippen molar-refractivity contribution in [1.82, 2.24) is 9.88 Å². The van der Waals surface area contributed by atoms with Crippen molar-refractivity contribution in [3.63, 3.8) is 0 Å². The number of carbonyl (C=O) groups is 2. The van der Waals surface area contributed by atoms with Crippen LogP contribution in [0.25, 0.3) is 0 Å². The van der Waals surface area contributed by atoms with Crippen LogP contribution in [0.3, 0.4) is 0 Å². The summed E-state index contributed by atoms with van der Waals surface area (Å²) in [5, 5.41) is 8.91. The van der Waals surface area contributed by atoms with Crippen LogP contribution >= 0.6 is 0 Å². The molecule has 1 unspecified atom stereocenters. The summed E-state index contributed by atoms with van der Waals surface area (Å²) in [6.45, 7) is 0.473. The number of imide groups is 1. The Kier molecular flexibility index (Phi) is 3.41. The summed E-state index contributed by atoms with van der Waals surface area (Å²) in [7, 11) is 1.28. The number of piperidine rings is 1. The Morgan fingerprint density at radius 2 is 2.23 bits per heavy atom. The number of anilines is 1. The number of amides is 3. The first-order valence-electron chi connectivity index (χ1n) is 6.87. The van der Waals surface area contributed by atoms with Crippen LogP contribution in [0.4, 0.5) is 15.0 Å². The lowest BCUT2D eigenvalue weighted by Gasteiger charge is -2.25. The number of methoxy groups -OCH3 is 1. The standard InChI is InChI=1S/C14H13FN4O3/c1-22-12-8(7-16)6-9(15)11(17-12)19-13(20)10-4-2-3-5-18(10)14(19)21/h6,10H,2-5H2,1H3. The van der Waals surface area contributed by atoms with Gasteiger partial charge in [0.1, 0.15) is 17.7 Å². The van der Waals surface area contributed by atoms with Crippen LogP contribution in [0.2, 0.25) is 0 Å². The van der Waals surface area contributed by atoms with Gasteiger partial charge in [-0.15, -0.1) is 0 Å². The molecule has 1 atom stereocenters. The number of pyridine rings is 1. The third-order valence-electron chi connectivity index (χ3n) is 3.89. The van der Waals surface area contributed by atoms with E-state index in [-0.39, 0.29) is 11.4 Å². The molecule has 2 fully saturated rings. The summed E-state index contributed by atoms with van der Waals surface area (Å²) in [6.07, 6.45) is 2.23. The number of halogens is 1. The number of hydrogen-bond acceptors (Lipinski definition) is 5. The van der Waals surface area contributed by atoms with Crippen molar-refractivity contribution in [3.05, 3.63) is 17.4 Å². The average Bonchev–Trinajstić information content (AvgIpc) is 2.79. The number of hydrogen-bond donors (Lipinski definition) is 0. The van der Waals surface area contributed by atoms with Gasteiger partial charge >= 0.3 is 6.03 Å². The summed E-state index contributed by atoms with van der Waals surface area (Å²) < 4.78 is 19.1. The van der Waals surface area contributed by atoms with Gasteiger partial charge in [0.2, 0.25) is 5.88 Å². The highest BCUT2D eigenvalue weighted by Gasteiger charge is 2.48. The molecule has 22 heavy (non-hydrogen) atoms. The normalized spacial score (nSPS) is 20.9. The number of urea groups is 1. The van der Waals surface area contributed by atoms with Crippen molar-refractivity contribution in [2.45, 2.75) is 25.3 Å². The minimum atomic E-state index is -0.904. The maximum absolute atomic E-state index is 14.2. The molecule has 0 radical (unpaired) electrons. The minimum Gasteiger partial charge on any atom is -0.480 e. The molecule has 8 heteroatoms. The molecule has 0 aromatic carbocycles. The fourth-order valence-electron chi connectivity index (χ4n) is 2.84. The quantitative estimate of drug-likeness (QED) is 0.771. The fraction of sp³-hybridized carbons (Fsp3) is 0.429. The Morgan fingerprint density at radius 1 is 1.45 bits per heavy atom. The molecule has 0 bridgehead atoms. The van der Waals surface area contributed by atoms with Crippen molar-refractivity contribution in [2.75, 3.05) is 18.6 Å². The van der Waals surface area contributed by atoms with E-state index in [4.69, 9.17) is 10.00 Å². The molecule has 0 saturated carbocycles. The third-order valence-corrected chi connectivity index (χ3v) is 3.89. The van der Waals surface area contributed by atoms with Gasteiger partial charge in [-0.05, 0) is 19.3 Å². The lowest BCUT2D eigenvalue weighted by molar-refractivity contribution is -0.120. The molecule has 0 aliphatic carbocycles. The summed E-state index contributed by atoms with van der Waals surface area (Å²) in [5.41, 5.74) is -0.0967. The molecule has 7 nitrogen and oxygen atoms in total. The first kappa shape index (κ1) is 14.3. The van der Waals surface area contributed by atoms with Crippen molar-refractivity contribution < 1.29 is 18.7 Å². The smallest absolute Gasteiger partial charge is 0.333 e. The van der Waals surface area contributed by atoms with E-state index in [0.29, 0.717) is 13.0 Å². The van der Waals surface area contributed by atoms with Crippen LogP contribution in [0, 0.1) is 17.1 Å². The topological polar surface area (TPSA) is 86.5 Å². The Bertz CT molecular complexity index is 676. The first-order valence-corrected chi connectivity index (χ1v) is 6.87. The lowest BCUT2D eigenvalue weighted by Crippen LogP contribution is -2.39. The zero-order valence-corrected chi connectivity index (χ0v) is 11.9. The van der Waals surface area contributed by atoms with E-state index in [1.54, 1.807) is 6.07 Å². The maximum Gasteiger partial charge on any atom is 0.333 e. The monoisotopic (exact) mass is 304 g/mol. The van der Waals surface area contributed by atoms with E-state index in [9.17, 15) is 14.0 Å². The highest BCUT2D eigenvalue weighted by molar-refractivity contribution is 6.21. The van der Waals surface area contributed by atoms with Crippen LogP contribution in [-0.4, -0.2) is 41.5 Å². The van der Waals surface area contributed by atoms with Gasteiger partial charge in [-0.3, -0.25) is 4.79 Å². The van der Waals surface area contributed by atoms with Gasteiger partial charge in [-0.2, -0.15) is 10.2 Å². The second kappa shape index (κ2) is 5.26. The molecule has 2 aliphatic heterocycles. The van der Waals surface area contributed by atoms with Crippen molar-refractivity contribution in [1.29, 1.82) is 5.26 Å². The number of aromatic nitrogens is 1. The fourth-order valence-corrected chi connectivity index (χ4v) is 2.84. The van der Waals surface area contributed by atoms with Gasteiger partial charge < -0.3 is 9.64 Å². The molecule has 2 saturated heterocycles. The van der Waals surface area contributed by atoms with Crippen molar-refractivity contribution in [3.8, 4) is 11.9 Å². The van der Waals surface area contributed by atoms with Crippen LogP contribution in [-0.2, 0) is 4.79 Å². The highest BCUT2D eigenvalue weighted by atomic mass is 19.1. The molecule has 114 valence electrons. The third kappa shape index (κ3) is 1.97. The van der Waals surface area contributed by atoms with E-state index in [1.807, 2.05) is 0 Å². The Morgan fingerprint density at radius 3 is 2.86 bits per heavy atom. The van der Waals surface area contributed by atoms with Gasteiger partial charge in [0, 0.05) is 12.6 Å². The molecule has 1 aromatic heterocycles. The highest BCUT2D eigenvalue weighted by Crippen LogP contribution is 2.32. The van der Waals surface area contributed by atoms with E-state index < -0.39 is 29.6 Å². The number of carbonyl (C=O) groups excluding carboxylic acids is 2. The van der Waals surface area contributed by atoms with Gasteiger partial charge in [-0.1, -0.05) is 0 Å². The van der Waals surface area contributed by atoms with Gasteiger partial charge in [0.25, 0.3) is 5.91 Å². The van der Waals surface area contributed by atoms with Gasteiger partial charge in [0.15, 0.2) is 11.6 Å². The van der Waals surface area contributed by atoms with E-state index in [0.717, 1.165) is 23.8 Å². The second-order valence-electron chi connectivity index (χ2n) is 5.12. The zero-order valence-electron chi connectivity index (χ0n) is 11.9. The molecule has 0 N–H and O–H groups in total. The van der Waals surface area contributed by atoms with Crippen LogP contribution in [0.5, 0.6) is 5.88 Å². The minimum absolute atomic E-state index is 0.0967. The molecular formula is C14H13FN4O3.